The van der Waals surface area contributed by atoms with Gasteiger partial charge in [0.1, 0.15) is 0 Å². The van der Waals surface area contributed by atoms with Crippen molar-refractivity contribution < 1.29 is 9.59 Å². The van der Waals surface area contributed by atoms with E-state index in [2.05, 4.69) is 5.32 Å². The summed E-state index contributed by atoms with van der Waals surface area (Å²) in [7, 11) is 0. The Morgan fingerprint density at radius 3 is 2.54 bits per heavy atom. The minimum atomic E-state index is -0.191. The van der Waals surface area contributed by atoms with Crippen LogP contribution in [0.2, 0.25) is 0 Å². The van der Waals surface area contributed by atoms with Gasteiger partial charge in [0, 0.05) is 30.9 Å². The fourth-order valence-electron chi connectivity index (χ4n) is 2.85. The van der Waals surface area contributed by atoms with Crippen molar-refractivity contribution in [3.05, 3.63) is 59.7 Å². The van der Waals surface area contributed by atoms with Gasteiger partial charge in [-0.3, -0.25) is 9.59 Å². The van der Waals surface area contributed by atoms with Crippen molar-refractivity contribution >= 4 is 23.2 Å². The predicted octanol–water partition coefficient (Wildman–Crippen LogP) is 2.72. The molecule has 0 radical (unpaired) electrons. The van der Waals surface area contributed by atoms with Crippen LogP contribution >= 0.6 is 0 Å². The number of nitrogens with one attached hydrogen (secondary N) is 1. The highest BCUT2D eigenvalue weighted by atomic mass is 16.2. The van der Waals surface area contributed by atoms with Gasteiger partial charge in [0.05, 0.1) is 5.56 Å². The molecule has 3 rings (SSSR count). The molecule has 1 aliphatic rings. The van der Waals surface area contributed by atoms with Crippen LogP contribution in [0.4, 0.5) is 11.4 Å². The van der Waals surface area contributed by atoms with Crippen LogP contribution in [-0.4, -0.2) is 18.4 Å². The maximum atomic E-state index is 12.2. The van der Waals surface area contributed by atoms with Gasteiger partial charge >= 0.3 is 0 Å². The van der Waals surface area contributed by atoms with Crippen LogP contribution < -0.4 is 16.0 Å². The Balaban J connectivity index is 1.61. The lowest BCUT2D eigenvalue weighted by molar-refractivity contribution is -0.119. The number of anilines is 2. The van der Waals surface area contributed by atoms with Crippen molar-refractivity contribution in [2.24, 2.45) is 0 Å². The number of nitrogens with zero attached hydrogens (tertiary/aromatic N) is 1. The molecule has 0 aliphatic carbocycles. The normalized spacial score (nSPS) is 14.5. The molecule has 0 aromatic heterocycles. The van der Waals surface area contributed by atoms with E-state index in [0.717, 1.165) is 30.6 Å². The predicted molar refractivity (Wildman–Crippen MR) is 94.7 cm³/mol. The lowest BCUT2D eigenvalue weighted by Crippen LogP contribution is -2.35. The maximum Gasteiger partial charge on any atom is 0.253 e. The average molecular weight is 323 g/mol. The van der Waals surface area contributed by atoms with E-state index in [4.69, 9.17) is 5.73 Å². The molecular formula is C19H21N3O2. The van der Waals surface area contributed by atoms with Crippen molar-refractivity contribution in [1.82, 2.24) is 5.32 Å². The van der Waals surface area contributed by atoms with Gasteiger partial charge < -0.3 is 16.0 Å². The summed E-state index contributed by atoms with van der Waals surface area (Å²) in [6.07, 6.45) is 2.64. The van der Waals surface area contributed by atoms with Crippen LogP contribution in [0, 0.1) is 0 Å². The molecule has 3 N–H and O–H groups in total. The number of nitrogens with two attached hydrogens (primary N) is 1. The Hall–Kier alpha value is -2.82. The second-order valence-electron chi connectivity index (χ2n) is 5.94. The number of piperidine rings is 1. The van der Waals surface area contributed by atoms with E-state index in [1.54, 1.807) is 24.3 Å². The number of hydrogen-bond acceptors (Lipinski definition) is 3. The molecule has 2 aromatic rings. The monoisotopic (exact) mass is 323 g/mol. The number of para-hydroxylation sites is 1. The lowest BCUT2D eigenvalue weighted by atomic mass is 10.1. The van der Waals surface area contributed by atoms with E-state index in [0.29, 0.717) is 24.2 Å². The average Bonchev–Trinajstić information content (AvgIpc) is 2.61. The Bertz CT molecular complexity index is 741. The second kappa shape index (κ2) is 7.17. The highest BCUT2D eigenvalue weighted by Crippen LogP contribution is 2.21. The number of rotatable bonds is 4. The third-order valence-electron chi connectivity index (χ3n) is 4.23. The number of benzene rings is 2. The van der Waals surface area contributed by atoms with Crippen molar-refractivity contribution in [3.63, 3.8) is 0 Å². The second-order valence-corrected chi connectivity index (χ2v) is 5.94. The fourth-order valence-corrected chi connectivity index (χ4v) is 2.85. The van der Waals surface area contributed by atoms with Crippen LogP contribution in [0.15, 0.2) is 48.5 Å². The van der Waals surface area contributed by atoms with E-state index in [-0.39, 0.29) is 11.8 Å². The summed E-state index contributed by atoms with van der Waals surface area (Å²) in [6, 6.07) is 14.7. The van der Waals surface area contributed by atoms with Crippen LogP contribution in [-0.2, 0) is 11.3 Å². The first-order valence-corrected chi connectivity index (χ1v) is 8.17. The van der Waals surface area contributed by atoms with Crippen molar-refractivity contribution in [2.45, 2.75) is 25.8 Å². The molecule has 1 heterocycles. The van der Waals surface area contributed by atoms with Crippen LogP contribution in [0.1, 0.15) is 35.2 Å². The van der Waals surface area contributed by atoms with E-state index in [1.807, 2.05) is 29.2 Å². The Morgan fingerprint density at radius 1 is 1.08 bits per heavy atom. The van der Waals surface area contributed by atoms with Crippen LogP contribution in [0.25, 0.3) is 0 Å². The number of amides is 2. The number of carbonyl (C=O) groups excluding carboxylic acids is 2. The topological polar surface area (TPSA) is 75.4 Å². The molecule has 24 heavy (non-hydrogen) atoms. The highest BCUT2D eigenvalue weighted by Gasteiger charge is 2.19. The zero-order valence-electron chi connectivity index (χ0n) is 13.5. The zero-order valence-corrected chi connectivity index (χ0v) is 13.5. The smallest absolute Gasteiger partial charge is 0.253 e. The summed E-state index contributed by atoms with van der Waals surface area (Å²) in [6.45, 7) is 1.20. The van der Waals surface area contributed by atoms with E-state index >= 15 is 0 Å². The first kappa shape index (κ1) is 16.1. The Morgan fingerprint density at radius 2 is 1.83 bits per heavy atom. The molecule has 0 atom stereocenters. The molecule has 0 bridgehead atoms. The third kappa shape index (κ3) is 3.56. The van der Waals surface area contributed by atoms with Gasteiger partial charge in [-0.1, -0.05) is 24.3 Å². The Labute approximate surface area is 141 Å². The number of hydrogen-bond donors (Lipinski definition) is 2. The largest absolute Gasteiger partial charge is 0.398 e. The van der Waals surface area contributed by atoms with E-state index < -0.39 is 0 Å². The standard InChI is InChI=1S/C19H21N3O2/c20-17-6-2-1-5-16(17)19(24)21-13-14-8-10-15(11-9-14)22-12-4-3-7-18(22)23/h1-2,5-6,8-11H,3-4,7,12-13,20H2,(H,21,24). The first-order valence-electron chi connectivity index (χ1n) is 8.17. The summed E-state index contributed by atoms with van der Waals surface area (Å²) in [5, 5.41) is 2.86. The van der Waals surface area contributed by atoms with Crippen molar-refractivity contribution in [1.29, 1.82) is 0 Å². The molecule has 0 saturated carbocycles. The zero-order chi connectivity index (χ0) is 16.9. The van der Waals surface area contributed by atoms with Gasteiger partial charge in [0.15, 0.2) is 0 Å². The molecule has 5 nitrogen and oxygen atoms in total. The van der Waals surface area contributed by atoms with Crippen LogP contribution in [0.5, 0.6) is 0 Å². The molecule has 2 aromatic carbocycles. The summed E-state index contributed by atoms with van der Waals surface area (Å²) in [4.78, 5) is 25.9. The summed E-state index contributed by atoms with van der Waals surface area (Å²) in [5.74, 6) is -0.00904. The summed E-state index contributed by atoms with van der Waals surface area (Å²) in [5.41, 5.74) is 8.65. The minimum Gasteiger partial charge on any atom is -0.398 e. The third-order valence-corrected chi connectivity index (χ3v) is 4.23. The lowest BCUT2D eigenvalue weighted by Gasteiger charge is -2.26. The first-order chi connectivity index (χ1) is 11.6. The molecular weight excluding hydrogens is 302 g/mol. The molecule has 1 aliphatic heterocycles. The molecule has 5 heteroatoms. The summed E-state index contributed by atoms with van der Waals surface area (Å²) < 4.78 is 0. The number of carbonyl (C=O) groups is 2. The van der Waals surface area contributed by atoms with Gasteiger partial charge in [-0.15, -0.1) is 0 Å². The SMILES string of the molecule is Nc1ccccc1C(=O)NCc1ccc(N2CCCCC2=O)cc1. The van der Waals surface area contributed by atoms with Crippen LogP contribution in [0.3, 0.4) is 0 Å². The van der Waals surface area contributed by atoms with Crippen molar-refractivity contribution in [3.8, 4) is 0 Å². The van der Waals surface area contributed by atoms with Crippen molar-refractivity contribution in [2.75, 3.05) is 17.2 Å². The Kier molecular flexibility index (Phi) is 4.79. The van der Waals surface area contributed by atoms with Gasteiger partial charge in [0.2, 0.25) is 5.91 Å². The van der Waals surface area contributed by atoms with E-state index in [9.17, 15) is 9.59 Å². The van der Waals surface area contributed by atoms with E-state index in [1.165, 1.54) is 0 Å². The molecule has 0 unspecified atom stereocenters. The van der Waals surface area contributed by atoms with Gasteiger partial charge in [-0.2, -0.15) is 0 Å². The molecule has 0 spiro atoms. The molecule has 1 fully saturated rings. The summed E-state index contributed by atoms with van der Waals surface area (Å²) >= 11 is 0. The van der Waals surface area contributed by atoms with Gasteiger partial charge in [0.25, 0.3) is 5.91 Å². The minimum absolute atomic E-state index is 0.182. The molecule has 124 valence electrons. The van der Waals surface area contributed by atoms with Gasteiger partial charge in [-0.25, -0.2) is 0 Å². The number of nitrogen functional groups attached to an aromatic ring is 1. The maximum absolute atomic E-state index is 12.2. The molecule has 1 saturated heterocycles. The highest BCUT2D eigenvalue weighted by molar-refractivity contribution is 5.99. The molecule has 2 amide bonds. The van der Waals surface area contributed by atoms with Gasteiger partial charge in [-0.05, 0) is 42.7 Å². The quantitative estimate of drug-likeness (QED) is 0.850. The fraction of sp³-hybridized carbons (Fsp3) is 0.263.